The van der Waals surface area contributed by atoms with Gasteiger partial charge in [0.05, 0.1) is 19.3 Å². The second-order valence-corrected chi connectivity index (χ2v) is 6.78. The van der Waals surface area contributed by atoms with Crippen molar-refractivity contribution in [1.82, 2.24) is 15.3 Å². The van der Waals surface area contributed by atoms with E-state index in [0.29, 0.717) is 18.8 Å². The Morgan fingerprint density at radius 1 is 1.48 bits per heavy atom. The highest BCUT2D eigenvalue weighted by Crippen LogP contribution is 2.31. The van der Waals surface area contributed by atoms with Crippen LogP contribution in [0, 0.1) is 5.92 Å². The fourth-order valence-corrected chi connectivity index (χ4v) is 2.77. The van der Waals surface area contributed by atoms with Crippen molar-refractivity contribution < 1.29 is 14.3 Å². The number of carbonyl (C=O) groups is 1. The first-order chi connectivity index (χ1) is 10.8. The van der Waals surface area contributed by atoms with Gasteiger partial charge in [-0.25, -0.2) is 4.79 Å². The molecule has 1 aromatic rings. The SMILES string of the molecule is COc1cncc(C(NN)C2CCN(C(=O)OC(C)(C)C)C2)c1. The summed E-state index contributed by atoms with van der Waals surface area (Å²) in [6.07, 6.45) is 3.99. The number of amides is 1. The van der Waals surface area contributed by atoms with Crippen molar-refractivity contribution in [3.05, 3.63) is 24.0 Å². The summed E-state index contributed by atoms with van der Waals surface area (Å²) in [4.78, 5) is 18.1. The van der Waals surface area contributed by atoms with Crippen LogP contribution in [0.15, 0.2) is 18.5 Å². The average molecular weight is 322 g/mol. The number of hydrogen-bond donors (Lipinski definition) is 2. The van der Waals surface area contributed by atoms with Crippen molar-refractivity contribution >= 4 is 6.09 Å². The summed E-state index contributed by atoms with van der Waals surface area (Å²) in [5.74, 6) is 6.63. The molecule has 3 N–H and O–H groups in total. The van der Waals surface area contributed by atoms with Crippen LogP contribution in [0.1, 0.15) is 38.8 Å². The highest BCUT2D eigenvalue weighted by atomic mass is 16.6. The highest BCUT2D eigenvalue weighted by molar-refractivity contribution is 5.68. The Kier molecular flexibility index (Phi) is 5.43. The number of nitrogens with two attached hydrogens (primary N) is 1. The van der Waals surface area contributed by atoms with Gasteiger partial charge in [-0.1, -0.05) is 0 Å². The predicted octanol–water partition coefficient (Wildman–Crippen LogP) is 1.85. The molecule has 1 aliphatic rings. The number of nitrogens with one attached hydrogen (secondary N) is 1. The Bertz CT molecular complexity index is 544. The number of rotatable bonds is 4. The maximum absolute atomic E-state index is 12.2. The molecule has 23 heavy (non-hydrogen) atoms. The molecular weight excluding hydrogens is 296 g/mol. The largest absolute Gasteiger partial charge is 0.495 e. The first-order valence-corrected chi connectivity index (χ1v) is 7.77. The topological polar surface area (TPSA) is 89.7 Å². The number of carbonyl (C=O) groups excluding carboxylic acids is 1. The van der Waals surface area contributed by atoms with Crippen molar-refractivity contribution in [3.8, 4) is 5.75 Å². The van der Waals surface area contributed by atoms with Crippen molar-refractivity contribution in [2.45, 2.75) is 38.8 Å². The quantitative estimate of drug-likeness (QED) is 0.649. The number of hydrogen-bond acceptors (Lipinski definition) is 6. The Labute approximate surface area is 137 Å². The summed E-state index contributed by atoms with van der Waals surface area (Å²) in [5.41, 5.74) is 3.30. The average Bonchev–Trinajstić information content (AvgIpc) is 2.96. The van der Waals surface area contributed by atoms with Crippen LogP contribution in [-0.4, -0.2) is 41.8 Å². The Morgan fingerprint density at radius 2 is 2.22 bits per heavy atom. The van der Waals surface area contributed by atoms with E-state index in [-0.39, 0.29) is 18.1 Å². The first kappa shape index (κ1) is 17.5. The minimum absolute atomic E-state index is 0.0926. The summed E-state index contributed by atoms with van der Waals surface area (Å²) >= 11 is 0. The first-order valence-electron chi connectivity index (χ1n) is 7.77. The van der Waals surface area contributed by atoms with E-state index in [1.54, 1.807) is 24.4 Å². The number of hydrazine groups is 1. The number of aromatic nitrogens is 1. The van der Waals surface area contributed by atoms with Gasteiger partial charge in [-0.3, -0.25) is 16.3 Å². The van der Waals surface area contributed by atoms with Crippen molar-refractivity contribution in [2.75, 3.05) is 20.2 Å². The number of methoxy groups -OCH3 is 1. The third-order valence-corrected chi connectivity index (χ3v) is 3.86. The summed E-state index contributed by atoms with van der Waals surface area (Å²) in [7, 11) is 1.60. The van der Waals surface area contributed by atoms with E-state index in [4.69, 9.17) is 15.3 Å². The van der Waals surface area contributed by atoms with E-state index in [2.05, 4.69) is 10.4 Å². The number of nitrogens with zero attached hydrogens (tertiary/aromatic N) is 2. The maximum atomic E-state index is 12.2. The summed E-state index contributed by atoms with van der Waals surface area (Å²) < 4.78 is 10.6. The monoisotopic (exact) mass is 322 g/mol. The molecule has 7 heteroatoms. The zero-order valence-electron chi connectivity index (χ0n) is 14.2. The summed E-state index contributed by atoms with van der Waals surface area (Å²) in [5, 5.41) is 0. The molecule has 0 bridgehead atoms. The van der Waals surface area contributed by atoms with E-state index in [1.807, 2.05) is 26.8 Å². The van der Waals surface area contributed by atoms with Crippen molar-refractivity contribution in [1.29, 1.82) is 0 Å². The lowest BCUT2D eigenvalue weighted by Gasteiger charge is -2.26. The Morgan fingerprint density at radius 3 is 2.83 bits per heavy atom. The smallest absolute Gasteiger partial charge is 0.410 e. The van der Waals surface area contributed by atoms with Gasteiger partial charge in [0.15, 0.2) is 0 Å². The van der Waals surface area contributed by atoms with Gasteiger partial charge >= 0.3 is 6.09 Å². The highest BCUT2D eigenvalue weighted by Gasteiger charge is 2.34. The van der Waals surface area contributed by atoms with Crippen LogP contribution < -0.4 is 16.0 Å². The van der Waals surface area contributed by atoms with Crippen molar-refractivity contribution in [2.24, 2.45) is 11.8 Å². The molecule has 2 rings (SSSR count). The molecule has 2 heterocycles. The lowest BCUT2D eigenvalue weighted by atomic mass is 9.94. The molecule has 1 fully saturated rings. The van der Waals surface area contributed by atoms with Gasteiger partial charge in [0.1, 0.15) is 11.4 Å². The van der Waals surface area contributed by atoms with Crippen LogP contribution in [0.5, 0.6) is 5.75 Å². The molecule has 1 aromatic heterocycles. The van der Waals surface area contributed by atoms with Crippen LogP contribution in [0.25, 0.3) is 0 Å². The predicted molar refractivity (Wildman–Crippen MR) is 86.8 cm³/mol. The molecule has 1 saturated heterocycles. The summed E-state index contributed by atoms with van der Waals surface area (Å²) in [6, 6.07) is 1.82. The second kappa shape index (κ2) is 7.14. The number of likely N-dealkylation sites (tertiary alicyclic amines) is 1. The number of ether oxygens (including phenoxy) is 2. The maximum Gasteiger partial charge on any atom is 0.410 e. The van der Waals surface area contributed by atoms with Crippen LogP contribution >= 0.6 is 0 Å². The van der Waals surface area contributed by atoms with Crippen LogP contribution in [0.3, 0.4) is 0 Å². The van der Waals surface area contributed by atoms with E-state index in [0.717, 1.165) is 12.0 Å². The summed E-state index contributed by atoms with van der Waals surface area (Å²) in [6.45, 7) is 6.86. The molecule has 2 unspecified atom stereocenters. The van der Waals surface area contributed by atoms with E-state index in [9.17, 15) is 4.79 Å². The zero-order chi connectivity index (χ0) is 17.0. The minimum Gasteiger partial charge on any atom is -0.495 e. The van der Waals surface area contributed by atoms with Crippen LogP contribution in [0.2, 0.25) is 0 Å². The van der Waals surface area contributed by atoms with Gasteiger partial charge in [-0.05, 0) is 44.7 Å². The molecule has 7 nitrogen and oxygen atoms in total. The van der Waals surface area contributed by atoms with Gasteiger partial charge < -0.3 is 14.4 Å². The van der Waals surface area contributed by atoms with Crippen molar-refractivity contribution in [3.63, 3.8) is 0 Å². The Balaban J connectivity index is 2.05. The van der Waals surface area contributed by atoms with Gasteiger partial charge in [-0.15, -0.1) is 0 Å². The molecule has 0 spiro atoms. The minimum atomic E-state index is -0.489. The second-order valence-electron chi connectivity index (χ2n) is 6.78. The molecule has 128 valence electrons. The molecular formula is C16H26N4O3. The normalized spacial score (nSPS) is 19.5. The fourth-order valence-electron chi connectivity index (χ4n) is 2.77. The van der Waals surface area contributed by atoms with Crippen LogP contribution in [-0.2, 0) is 4.74 Å². The van der Waals surface area contributed by atoms with Gasteiger partial charge in [-0.2, -0.15) is 0 Å². The molecule has 1 amide bonds. The van der Waals surface area contributed by atoms with E-state index in [1.165, 1.54) is 0 Å². The van der Waals surface area contributed by atoms with Gasteiger partial charge in [0.25, 0.3) is 0 Å². The number of pyridine rings is 1. The molecule has 2 atom stereocenters. The molecule has 0 aromatic carbocycles. The third-order valence-electron chi connectivity index (χ3n) is 3.86. The lowest BCUT2D eigenvalue weighted by molar-refractivity contribution is 0.0285. The molecule has 0 saturated carbocycles. The lowest BCUT2D eigenvalue weighted by Crippen LogP contribution is -2.38. The fraction of sp³-hybridized carbons (Fsp3) is 0.625. The Hall–Kier alpha value is -1.86. The molecule has 1 aliphatic heterocycles. The van der Waals surface area contributed by atoms with Crippen LogP contribution in [0.4, 0.5) is 4.79 Å². The standard InChI is InChI=1S/C16H26N4O3/c1-16(2,3)23-15(21)20-6-5-11(10-20)14(19-17)12-7-13(22-4)9-18-8-12/h7-9,11,14,19H,5-6,10,17H2,1-4H3. The van der Waals surface area contributed by atoms with Gasteiger partial charge in [0, 0.05) is 19.3 Å². The molecule has 0 aliphatic carbocycles. The van der Waals surface area contributed by atoms with Gasteiger partial charge in [0.2, 0.25) is 0 Å². The zero-order valence-corrected chi connectivity index (χ0v) is 14.2. The molecule has 0 radical (unpaired) electrons. The van der Waals surface area contributed by atoms with E-state index < -0.39 is 5.60 Å². The van der Waals surface area contributed by atoms with E-state index >= 15 is 0 Å². The third kappa shape index (κ3) is 4.56.